The molecule has 43 heavy (non-hydrogen) atoms. The zero-order valence-corrected chi connectivity index (χ0v) is 26.1. The topological polar surface area (TPSA) is 103 Å². The van der Waals surface area contributed by atoms with Gasteiger partial charge >= 0.3 is 12.1 Å². The lowest BCUT2D eigenvalue weighted by atomic mass is 9.82. The van der Waals surface area contributed by atoms with E-state index in [0.717, 1.165) is 15.5 Å². The van der Waals surface area contributed by atoms with Gasteiger partial charge in [-0.3, -0.25) is 9.88 Å². The van der Waals surface area contributed by atoms with E-state index in [1.165, 1.54) is 0 Å². The van der Waals surface area contributed by atoms with E-state index in [-0.39, 0.29) is 36.8 Å². The Morgan fingerprint density at radius 3 is 2.16 bits per heavy atom. The molecular formula is C32H33N2O7PS. The van der Waals surface area contributed by atoms with Crippen molar-refractivity contribution < 1.29 is 33.3 Å². The Labute approximate surface area is 255 Å². The van der Waals surface area contributed by atoms with Crippen LogP contribution in [0.4, 0.5) is 4.79 Å². The van der Waals surface area contributed by atoms with Gasteiger partial charge in [0, 0.05) is 16.2 Å². The van der Waals surface area contributed by atoms with Gasteiger partial charge in [-0.25, -0.2) is 14.5 Å². The van der Waals surface area contributed by atoms with E-state index >= 15 is 0 Å². The van der Waals surface area contributed by atoms with E-state index in [1.54, 1.807) is 52.0 Å². The van der Waals surface area contributed by atoms with E-state index in [9.17, 15) is 14.4 Å². The molecule has 2 aliphatic rings. The number of fused-ring (bicyclic) bond motifs is 1. The van der Waals surface area contributed by atoms with Gasteiger partial charge in [0.1, 0.15) is 5.60 Å². The number of ether oxygens (including phenoxy) is 4. The monoisotopic (exact) mass is 620 g/mol. The molecular weight excluding hydrogens is 587 g/mol. The van der Waals surface area contributed by atoms with Gasteiger partial charge < -0.3 is 18.9 Å². The summed E-state index contributed by atoms with van der Waals surface area (Å²) in [6.07, 6.45) is -2.40. The fourth-order valence-corrected chi connectivity index (χ4v) is 8.76. The molecule has 1 N–H and O–H groups in total. The van der Waals surface area contributed by atoms with Gasteiger partial charge in [-0.2, -0.15) is 0 Å². The average molecular weight is 621 g/mol. The Kier molecular flexibility index (Phi) is 8.47. The number of esters is 1. The maximum atomic E-state index is 14.5. The van der Waals surface area contributed by atoms with E-state index in [1.807, 2.05) is 60.7 Å². The van der Waals surface area contributed by atoms with Gasteiger partial charge in [-0.05, 0) is 33.8 Å². The molecule has 9 nitrogen and oxygen atoms in total. The molecule has 2 amide bonds. The van der Waals surface area contributed by atoms with Crippen LogP contribution >= 0.6 is 6.19 Å². The summed E-state index contributed by atoms with van der Waals surface area (Å²) in [6, 6.07) is 23.9. The summed E-state index contributed by atoms with van der Waals surface area (Å²) in [5.74, 6) is -0.814. The largest absolute Gasteiger partial charge is 0.464 e. The first kappa shape index (κ1) is 30.5. The third kappa shape index (κ3) is 5.70. The Hall–Kier alpha value is -3.98. The molecule has 0 aromatic heterocycles. The van der Waals surface area contributed by atoms with Crippen LogP contribution in [0.25, 0.3) is 0 Å². The summed E-state index contributed by atoms with van der Waals surface area (Å²) >= 11 is 6.52. The van der Waals surface area contributed by atoms with Crippen LogP contribution in [0.5, 0.6) is 11.5 Å². The number of benzene rings is 3. The van der Waals surface area contributed by atoms with Gasteiger partial charge in [-0.15, -0.1) is 0 Å². The smallest absolute Gasteiger partial charge is 0.417 e. The molecule has 2 aliphatic heterocycles. The summed E-state index contributed by atoms with van der Waals surface area (Å²) in [6.45, 7) is 6.65. The second-order valence-electron chi connectivity index (χ2n) is 10.9. The van der Waals surface area contributed by atoms with E-state index in [0.29, 0.717) is 5.75 Å². The number of nitrogens with zero attached hydrogens (tertiary/aromatic N) is 1. The summed E-state index contributed by atoms with van der Waals surface area (Å²) in [5.41, 5.74) is -2.58. The number of amides is 2. The minimum absolute atomic E-state index is 0.0193. The molecule has 1 atom stereocenters. The van der Waals surface area contributed by atoms with Crippen molar-refractivity contribution in [2.45, 2.75) is 38.8 Å². The molecule has 1 unspecified atom stereocenters. The zero-order chi connectivity index (χ0) is 30.8. The number of carbonyl (C=O) groups is 3. The highest BCUT2D eigenvalue weighted by Crippen LogP contribution is 2.52. The predicted molar refractivity (Wildman–Crippen MR) is 166 cm³/mol. The van der Waals surface area contributed by atoms with Crippen LogP contribution in [0.1, 0.15) is 33.3 Å². The lowest BCUT2D eigenvalue weighted by molar-refractivity contribution is -0.150. The SMILES string of the molecule is CCOC(=O)C(NP(=S)(c1ccccc1)c1ccccc1)(C1=CCN(C(=O)OC(C)(C)C)C1=O)c1cccc2c1OCO2. The van der Waals surface area contributed by atoms with Crippen LogP contribution < -0.4 is 25.2 Å². The summed E-state index contributed by atoms with van der Waals surface area (Å²) in [4.78, 5) is 42.9. The molecule has 0 bridgehead atoms. The molecule has 3 aromatic rings. The van der Waals surface area contributed by atoms with Crippen LogP contribution in [0, 0.1) is 0 Å². The van der Waals surface area contributed by atoms with E-state index < -0.39 is 35.3 Å². The van der Waals surface area contributed by atoms with Crippen molar-refractivity contribution in [3.63, 3.8) is 0 Å². The minimum Gasteiger partial charge on any atom is -0.464 e. The number of imide groups is 1. The van der Waals surface area contributed by atoms with Gasteiger partial charge in [0.2, 0.25) is 6.79 Å². The number of hydrogen-bond acceptors (Lipinski definition) is 8. The molecule has 5 rings (SSSR count). The Morgan fingerprint density at radius 2 is 1.58 bits per heavy atom. The first-order valence-corrected chi connectivity index (χ1v) is 16.6. The molecule has 2 heterocycles. The number of carbonyl (C=O) groups excluding carboxylic acids is 3. The van der Waals surface area contributed by atoms with Gasteiger partial charge in [0.05, 0.1) is 24.9 Å². The Bertz CT molecular complexity index is 1580. The molecule has 0 saturated heterocycles. The lowest BCUT2D eigenvalue weighted by Gasteiger charge is -2.39. The lowest BCUT2D eigenvalue weighted by Crippen LogP contribution is -2.55. The molecule has 3 aromatic carbocycles. The molecule has 224 valence electrons. The van der Waals surface area contributed by atoms with Crippen LogP contribution in [0.3, 0.4) is 0 Å². The quantitative estimate of drug-likeness (QED) is 0.288. The minimum atomic E-state index is -3.11. The van der Waals surface area contributed by atoms with Crippen molar-refractivity contribution >= 4 is 46.6 Å². The van der Waals surface area contributed by atoms with Crippen LogP contribution in [-0.2, 0) is 36.4 Å². The maximum absolute atomic E-state index is 14.5. The summed E-state index contributed by atoms with van der Waals surface area (Å²) < 4.78 is 22.8. The summed E-state index contributed by atoms with van der Waals surface area (Å²) in [7, 11) is 0. The Morgan fingerprint density at radius 1 is 0.953 bits per heavy atom. The summed E-state index contributed by atoms with van der Waals surface area (Å²) in [5, 5.41) is 5.04. The van der Waals surface area contributed by atoms with Crippen LogP contribution in [0.15, 0.2) is 90.5 Å². The molecule has 0 radical (unpaired) electrons. The standard InChI is InChI=1S/C32H33N2O7PS/c1-5-38-29(36)32(24-17-12-18-26-27(24)40-21-39-26,25-19-20-34(28(25)35)30(37)41-31(2,3)4)33-42(43,22-13-8-6-9-14-22)23-15-10-7-11-16-23/h6-19H,5,20-21H2,1-4H3,(H,33,43). The second kappa shape index (κ2) is 12.0. The molecule has 0 spiro atoms. The van der Waals surface area contributed by atoms with Crippen molar-refractivity contribution in [3.05, 3.63) is 96.1 Å². The fraction of sp³-hybridized carbons (Fsp3) is 0.281. The van der Waals surface area contributed by atoms with Crippen molar-refractivity contribution in [3.8, 4) is 11.5 Å². The van der Waals surface area contributed by atoms with Gasteiger partial charge in [-0.1, -0.05) is 90.7 Å². The van der Waals surface area contributed by atoms with Crippen LogP contribution in [-0.4, -0.2) is 48.4 Å². The fourth-order valence-electron chi connectivity index (χ4n) is 5.07. The normalized spacial score (nSPS) is 16.0. The first-order valence-electron chi connectivity index (χ1n) is 13.8. The molecule has 0 saturated carbocycles. The highest BCUT2D eigenvalue weighted by Gasteiger charge is 2.56. The highest BCUT2D eigenvalue weighted by atomic mass is 32.4. The van der Waals surface area contributed by atoms with Crippen LogP contribution in [0.2, 0.25) is 0 Å². The first-order chi connectivity index (χ1) is 20.5. The molecule has 0 fully saturated rings. The molecule has 0 aliphatic carbocycles. The highest BCUT2D eigenvalue weighted by molar-refractivity contribution is 8.21. The average Bonchev–Trinajstić information content (AvgIpc) is 3.63. The number of para-hydroxylation sites is 1. The van der Waals surface area contributed by atoms with Crippen molar-refractivity contribution in [1.29, 1.82) is 0 Å². The van der Waals surface area contributed by atoms with E-state index in [2.05, 4.69) is 5.09 Å². The van der Waals surface area contributed by atoms with Crippen molar-refractivity contribution in [2.75, 3.05) is 19.9 Å². The number of nitrogens with one attached hydrogen (secondary N) is 1. The number of rotatable bonds is 8. The van der Waals surface area contributed by atoms with Gasteiger partial charge in [0.15, 0.2) is 17.0 Å². The number of hydrogen-bond donors (Lipinski definition) is 1. The third-order valence-electron chi connectivity index (χ3n) is 6.92. The maximum Gasteiger partial charge on any atom is 0.417 e. The third-order valence-corrected chi connectivity index (χ3v) is 11.2. The predicted octanol–water partition coefficient (Wildman–Crippen LogP) is 4.51. The second-order valence-corrected chi connectivity index (χ2v) is 15.0. The Balaban J connectivity index is 1.77. The van der Waals surface area contributed by atoms with Crippen molar-refractivity contribution in [2.24, 2.45) is 0 Å². The zero-order valence-electron chi connectivity index (χ0n) is 24.4. The van der Waals surface area contributed by atoms with E-state index in [4.69, 9.17) is 30.8 Å². The molecule has 11 heteroatoms. The van der Waals surface area contributed by atoms with Gasteiger partial charge in [0.25, 0.3) is 5.91 Å². The van der Waals surface area contributed by atoms with Crippen molar-refractivity contribution in [1.82, 2.24) is 9.99 Å².